The van der Waals surface area contributed by atoms with Crippen LogP contribution in [-0.2, 0) is 9.47 Å². The molecule has 0 aliphatic heterocycles. The number of nitrogens with one attached hydrogen (secondary N) is 1. The van der Waals surface area contributed by atoms with Gasteiger partial charge in [0.05, 0.1) is 25.9 Å². The molecule has 0 amide bonds. The molecule has 1 N–H and O–H groups in total. The van der Waals surface area contributed by atoms with Crippen molar-refractivity contribution in [3.8, 4) is 0 Å². The Balaban J connectivity index is 2.51. The van der Waals surface area contributed by atoms with Crippen molar-refractivity contribution in [3.05, 3.63) is 35.4 Å². The third-order valence-electron chi connectivity index (χ3n) is 3.32. The van der Waals surface area contributed by atoms with E-state index in [0.717, 1.165) is 13.2 Å². The van der Waals surface area contributed by atoms with Crippen LogP contribution in [0.2, 0.25) is 0 Å². The molecule has 0 aromatic heterocycles. The third kappa shape index (κ3) is 6.04. The van der Waals surface area contributed by atoms with E-state index < -0.39 is 0 Å². The predicted molar refractivity (Wildman–Crippen MR) is 84.3 cm³/mol. The first-order valence-corrected chi connectivity index (χ1v) is 7.67. The van der Waals surface area contributed by atoms with Crippen LogP contribution in [0.25, 0.3) is 0 Å². The number of benzene rings is 1. The molecule has 0 heterocycles. The minimum atomic E-state index is 0.253. The smallest absolute Gasteiger partial charge is 0.0701 e. The van der Waals surface area contributed by atoms with Gasteiger partial charge >= 0.3 is 0 Å². The topological polar surface area (TPSA) is 30.5 Å². The van der Waals surface area contributed by atoms with Crippen molar-refractivity contribution in [2.24, 2.45) is 0 Å². The summed E-state index contributed by atoms with van der Waals surface area (Å²) in [7, 11) is 0. The fraction of sp³-hybridized carbons (Fsp3) is 0.647. The summed E-state index contributed by atoms with van der Waals surface area (Å²) >= 11 is 0. The molecule has 0 aliphatic rings. The normalized spacial score (nSPS) is 12.8. The molecule has 114 valence electrons. The average molecular weight is 279 g/mol. The van der Waals surface area contributed by atoms with E-state index in [1.165, 1.54) is 11.1 Å². The molecule has 1 unspecified atom stereocenters. The fourth-order valence-electron chi connectivity index (χ4n) is 2.10. The van der Waals surface area contributed by atoms with Crippen LogP contribution in [0.3, 0.4) is 0 Å². The van der Waals surface area contributed by atoms with Crippen molar-refractivity contribution >= 4 is 0 Å². The Kier molecular flexibility index (Phi) is 8.51. The van der Waals surface area contributed by atoms with E-state index >= 15 is 0 Å². The summed E-state index contributed by atoms with van der Waals surface area (Å²) in [5.74, 6) is 0.573. The van der Waals surface area contributed by atoms with Crippen LogP contribution in [0.1, 0.15) is 50.8 Å². The number of likely N-dealkylation sites (N-methyl/N-ethyl adjacent to an activating group) is 1. The molecule has 1 atom stereocenters. The molecule has 0 spiro atoms. The number of hydrogen-bond donors (Lipinski definition) is 1. The highest BCUT2D eigenvalue weighted by molar-refractivity contribution is 5.27. The maximum absolute atomic E-state index is 5.70. The van der Waals surface area contributed by atoms with Crippen molar-refractivity contribution in [2.75, 3.05) is 33.0 Å². The fourth-order valence-corrected chi connectivity index (χ4v) is 2.10. The van der Waals surface area contributed by atoms with Crippen molar-refractivity contribution in [1.82, 2.24) is 5.32 Å². The summed E-state index contributed by atoms with van der Waals surface area (Å²) in [6, 6.07) is 9.08. The standard InChI is InChI=1S/C17H29NO2/c1-5-18-17(13-20-12-11-19-6-2)16-9-7-15(8-10-16)14(3)4/h7-10,14,17-18H,5-6,11-13H2,1-4H3. The number of rotatable bonds is 10. The van der Waals surface area contributed by atoms with Gasteiger partial charge in [-0.05, 0) is 30.5 Å². The van der Waals surface area contributed by atoms with Crippen LogP contribution in [0, 0.1) is 0 Å². The Morgan fingerprint density at radius 2 is 1.55 bits per heavy atom. The van der Waals surface area contributed by atoms with Crippen molar-refractivity contribution in [3.63, 3.8) is 0 Å². The minimum Gasteiger partial charge on any atom is -0.379 e. The Hall–Kier alpha value is -0.900. The van der Waals surface area contributed by atoms with E-state index in [9.17, 15) is 0 Å². The van der Waals surface area contributed by atoms with Gasteiger partial charge in [-0.2, -0.15) is 0 Å². The summed E-state index contributed by atoms with van der Waals surface area (Å²) in [6.45, 7) is 12.2. The van der Waals surface area contributed by atoms with E-state index in [1.54, 1.807) is 0 Å². The van der Waals surface area contributed by atoms with E-state index in [0.29, 0.717) is 25.7 Å². The van der Waals surface area contributed by atoms with Gasteiger partial charge in [0.1, 0.15) is 0 Å². The molecule has 3 nitrogen and oxygen atoms in total. The molecule has 0 saturated heterocycles. The van der Waals surface area contributed by atoms with E-state index in [-0.39, 0.29) is 6.04 Å². The quantitative estimate of drug-likeness (QED) is 0.665. The molecule has 0 bridgehead atoms. The Bertz CT molecular complexity index is 349. The van der Waals surface area contributed by atoms with E-state index in [4.69, 9.17) is 9.47 Å². The highest BCUT2D eigenvalue weighted by Gasteiger charge is 2.10. The largest absolute Gasteiger partial charge is 0.379 e. The van der Waals surface area contributed by atoms with Gasteiger partial charge in [0.25, 0.3) is 0 Å². The lowest BCUT2D eigenvalue weighted by molar-refractivity contribution is 0.0435. The van der Waals surface area contributed by atoms with Crippen LogP contribution >= 0.6 is 0 Å². The molecule has 0 aliphatic carbocycles. The molecule has 1 aromatic carbocycles. The molecule has 3 heteroatoms. The Morgan fingerprint density at radius 3 is 2.10 bits per heavy atom. The molecule has 20 heavy (non-hydrogen) atoms. The van der Waals surface area contributed by atoms with Crippen LogP contribution in [0.5, 0.6) is 0 Å². The Morgan fingerprint density at radius 1 is 0.950 bits per heavy atom. The van der Waals surface area contributed by atoms with Crippen molar-refractivity contribution < 1.29 is 9.47 Å². The van der Waals surface area contributed by atoms with Crippen molar-refractivity contribution in [2.45, 2.75) is 39.7 Å². The second kappa shape index (κ2) is 9.92. The van der Waals surface area contributed by atoms with Gasteiger partial charge in [0.15, 0.2) is 0 Å². The average Bonchev–Trinajstić information content (AvgIpc) is 2.46. The van der Waals surface area contributed by atoms with Gasteiger partial charge in [-0.15, -0.1) is 0 Å². The first kappa shape index (κ1) is 17.2. The maximum Gasteiger partial charge on any atom is 0.0701 e. The second-order valence-corrected chi connectivity index (χ2v) is 5.20. The summed E-state index contributed by atoms with van der Waals surface area (Å²) in [6.07, 6.45) is 0. The molecule has 0 radical (unpaired) electrons. The van der Waals surface area contributed by atoms with Crippen LogP contribution in [-0.4, -0.2) is 33.0 Å². The summed E-state index contributed by atoms with van der Waals surface area (Å²) in [5, 5.41) is 3.47. The van der Waals surface area contributed by atoms with Gasteiger partial charge in [-0.1, -0.05) is 45.0 Å². The zero-order valence-corrected chi connectivity index (χ0v) is 13.3. The number of hydrogen-bond acceptors (Lipinski definition) is 3. The second-order valence-electron chi connectivity index (χ2n) is 5.20. The van der Waals surface area contributed by atoms with E-state index in [2.05, 4.69) is 50.4 Å². The highest BCUT2D eigenvalue weighted by Crippen LogP contribution is 2.19. The highest BCUT2D eigenvalue weighted by atomic mass is 16.5. The molecule has 1 rings (SSSR count). The minimum absolute atomic E-state index is 0.253. The number of ether oxygens (including phenoxy) is 2. The van der Waals surface area contributed by atoms with E-state index in [1.807, 2.05) is 6.92 Å². The van der Waals surface area contributed by atoms with Crippen molar-refractivity contribution in [1.29, 1.82) is 0 Å². The Labute approximate surface area is 123 Å². The van der Waals surface area contributed by atoms with Gasteiger partial charge in [0, 0.05) is 6.61 Å². The molecule has 1 aromatic rings. The lowest BCUT2D eigenvalue weighted by atomic mass is 9.99. The first-order valence-electron chi connectivity index (χ1n) is 7.67. The zero-order valence-electron chi connectivity index (χ0n) is 13.3. The van der Waals surface area contributed by atoms with Gasteiger partial charge in [-0.25, -0.2) is 0 Å². The monoisotopic (exact) mass is 279 g/mol. The maximum atomic E-state index is 5.70. The summed E-state index contributed by atoms with van der Waals surface area (Å²) < 4.78 is 11.0. The molecule has 0 fully saturated rings. The van der Waals surface area contributed by atoms with Crippen LogP contribution in [0.4, 0.5) is 0 Å². The van der Waals surface area contributed by atoms with Gasteiger partial charge in [-0.3, -0.25) is 0 Å². The third-order valence-corrected chi connectivity index (χ3v) is 3.32. The molecular weight excluding hydrogens is 250 g/mol. The predicted octanol–water partition coefficient (Wildman–Crippen LogP) is 3.51. The van der Waals surface area contributed by atoms with Crippen LogP contribution in [0.15, 0.2) is 24.3 Å². The van der Waals surface area contributed by atoms with Gasteiger partial charge < -0.3 is 14.8 Å². The molecule has 0 saturated carbocycles. The van der Waals surface area contributed by atoms with Crippen LogP contribution < -0.4 is 5.32 Å². The lowest BCUT2D eigenvalue weighted by Crippen LogP contribution is -2.26. The summed E-state index contributed by atoms with van der Waals surface area (Å²) in [5.41, 5.74) is 2.66. The lowest BCUT2D eigenvalue weighted by Gasteiger charge is -2.19. The molecular formula is C17H29NO2. The zero-order chi connectivity index (χ0) is 14.8. The van der Waals surface area contributed by atoms with Gasteiger partial charge in [0.2, 0.25) is 0 Å². The SMILES string of the molecule is CCNC(COCCOCC)c1ccc(C(C)C)cc1. The first-order chi connectivity index (χ1) is 9.69. The summed E-state index contributed by atoms with van der Waals surface area (Å²) in [4.78, 5) is 0.